The third-order valence-electron chi connectivity index (χ3n) is 4.99. The third-order valence-corrected chi connectivity index (χ3v) is 4.99. The number of amides is 1. The zero-order chi connectivity index (χ0) is 14.2. The van der Waals surface area contributed by atoms with Crippen molar-refractivity contribution in [3.05, 3.63) is 29.8 Å². The molecular weight excluding hydrogens is 284 g/mol. The highest BCUT2D eigenvalue weighted by Gasteiger charge is 2.46. The van der Waals surface area contributed by atoms with Crippen molar-refractivity contribution >= 4 is 24.0 Å². The molecule has 1 fully saturated rings. The Balaban J connectivity index is 0.00000161. The van der Waals surface area contributed by atoms with Gasteiger partial charge in [0.25, 0.3) is 0 Å². The number of para-hydroxylation sites is 1. The fourth-order valence-corrected chi connectivity index (χ4v) is 3.97. The minimum atomic E-state index is 0. The van der Waals surface area contributed by atoms with Crippen LogP contribution in [0.5, 0.6) is 0 Å². The van der Waals surface area contributed by atoms with E-state index in [9.17, 15) is 4.79 Å². The number of halogens is 1. The summed E-state index contributed by atoms with van der Waals surface area (Å²) in [4.78, 5) is 14.8. The first-order valence-corrected chi connectivity index (χ1v) is 7.73. The molecule has 1 spiro atoms. The van der Waals surface area contributed by atoms with Crippen LogP contribution in [0.4, 0.5) is 5.69 Å². The van der Waals surface area contributed by atoms with Crippen molar-refractivity contribution in [2.24, 2.45) is 5.92 Å². The van der Waals surface area contributed by atoms with Crippen molar-refractivity contribution in [1.82, 2.24) is 5.32 Å². The summed E-state index contributed by atoms with van der Waals surface area (Å²) in [6.45, 7) is 3.64. The molecule has 3 nitrogen and oxygen atoms in total. The van der Waals surface area contributed by atoms with E-state index in [1.54, 1.807) is 0 Å². The second-order valence-corrected chi connectivity index (χ2v) is 6.39. The van der Waals surface area contributed by atoms with Gasteiger partial charge in [-0.25, -0.2) is 0 Å². The summed E-state index contributed by atoms with van der Waals surface area (Å²) in [6, 6.07) is 8.52. The molecule has 1 atom stereocenters. The molecule has 21 heavy (non-hydrogen) atoms. The highest BCUT2D eigenvalue weighted by Crippen LogP contribution is 2.50. The van der Waals surface area contributed by atoms with Gasteiger partial charge >= 0.3 is 0 Å². The van der Waals surface area contributed by atoms with Gasteiger partial charge in [0.2, 0.25) is 5.91 Å². The third kappa shape index (κ3) is 2.69. The second-order valence-electron chi connectivity index (χ2n) is 6.39. The van der Waals surface area contributed by atoms with E-state index < -0.39 is 0 Å². The molecule has 1 aromatic carbocycles. The van der Waals surface area contributed by atoms with Crippen LogP contribution in [0.2, 0.25) is 0 Å². The quantitative estimate of drug-likeness (QED) is 0.930. The van der Waals surface area contributed by atoms with Gasteiger partial charge in [0.15, 0.2) is 0 Å². The summed E-state index contributed by atoms with van der Waals surface area (Å²) in [5.74, 6) is 0.292. The Morgan fingerprint density at radius 1 is 1.33 bits per heavy atom. The van der Waals surface area contributed by atoms with Crippen molar-refractivity contribution in [2.75, 3.05) is 25.0 Å². The lowest BCUT2D eigenvalue weighted by atomic mass is 9.81. The average Bonchev–Trinajstić information content (AvgIpc) is 3.06. The Morgan fingerprint density at radius 2 is 2.00 bits per heavy atom. The van der Waals surface area contributed by atoms with E-state index in [4.69, 9.17) is 0 Å². The van der Waals surface area contributed by atoms with Crippen molar-refractivity contribution in [3.63, 3.8) is 0 Å². The zero-order valence-electron chi connectivity index (χ0n) is 12.9. The average molecular weight is 309 g/mol. The number of carbonyl (C=O) groups excluding carboxylic acids is 1. The Bertz CT molecular complexity index is 511. The lowest BCUT2D eigenvalue weighted by Crippen LogP contribution is -2.40. The molecule has 1 heterocycles. The second kappa shape index (κ2) is 6.37. The number of hydrogen-bond donors (Lipinski definition) is 1. The number of rotatable bonds is 3. The van der Waals surface area contributed by atoms with Gasteiger partial charge < -0.3 is 10.2 Å². The number of nitrogens with zero attached hydrogens (tertiary/aromatic N) is 1. The number of nitrogens with one attached hydrogen (secondary N) is 1. The number of hydrogen-bond acceptors (Lipinski definition) is 2. The molecule has 4 heteroatoms. The van der Waals surface area contributed by atoms with Gasteiger partial charge in [-0.2, -0.15) is 0 Å². The van der Waals surface area contributed by atoms with Crippen LogP contribution in [-0.2, 0) is 10.2 Å². The normalized spacial score (nSPS) is 20.2. The van der Waals surface area contributed by atoms with E-state index in [2.05, 4.69) is 29.6 Å². The van der Waals surface area contributed by atoms with Crippen LogP contribution in [0.3, 0.4) is 0 Å². The number of carbonyl (C=O) groups is 1. The summed E-state index contributed by atoms with van der Waals surface area (Å²) >= 11 is 0. The van der Waals surface area contributed by atoms with Crippen molar-refractivity contribution < 1.29 is 4.79 Å². The summed E-state index contributed by atoms with van der Waals surface area (Å²) in [7, 11) is 1.90. The van der Waals surface area contributed by atoms with E-state index in [0.29, 0.717) is 0 Å². The zero-order valence-corrected chi connectivity index (χ0v) is 13.7. The minimum Gasteiger partial charge on any atom is -0.319 e. The van der Waals surface area contributed by atoms with E-state index in [-0.39, 0.29) is 29.6 Å². The van der Waals surface area contributed by atoms with Gasteiger partial charge in [0, 0.05) is 30.1 Å². The number of benzene rings is 1. The molecule has 1 aliphatic heterocycles. The molecule has 0 saturated heterocycles. The molecule has 0 aromatic heterocycles. The molecule has 2 aliphatic rings. The highest BCUT2D eigenvalue weighted by atomic mass is 35.5. The first-order valence-electron chi connectivity index (χ1n) is 7.73. The highest BCUT2D eigenvalue weighted by molar-refractivity contribution is 5.97. The monoisotopic (exact) mass is 308 g/mol. The van der Waals surface area contributed by atoms with E-state index in [0.717, 1.165) is 18.8 Å². The summed E-state index contributed by atoms with van der Waals surface area (Å²) < 4.78 is 0. The molecule has 0 bridgehead atoms. The molecule has 1 aliphatic carbocycles. The topological polar surface area (TPSA) is 32.3 Å². The standard InChI is InChI=1S/C17H24N2O.ClH/c1-13(11-18-2)16(20)19-12-17(9-5-6-10-17)14-7-3-4-8-15(14)19;/h3-4,7-8,13,18H,5-6,9-12H2,1-2H3;1H. The largest absolute Gasteiger partial charge is 0.319 e. The Hall–Kier alpha value is -1.06. The van der Waals surface area contributed by atoms with Gasteiger partial charge in [-0.05, 0) is 31.5 Å². The van der Waals surface area contributed by atoms with Crippen molar-refractivity contribution in [1.29, 1.82) is 0 Å². The Labute approximate surface area is 133 Å². The maximum Gasteiger partial charge on any atom is 0.231 e. The first kappa shape index (κ1) is 16.3. The molecule has 3 rings (SSSR count). The Morgan fingerprint density at radius 3 is 2.67 bits per heavy atom. The van der Waals surface area contributed by atoms with Gasteiger partial charge in [0.1, 0.15) is 0 Å². The molecule has 1 aromatic rings. The van der Waals surface area contributed by atoms with Crippen LogP contribution in [0.1, 0.15) is 38.2 Å². The SMILES string of the molecule is CNCC(C)C(=O)N1CC2(CCCC2)c2ccccc21.Cl. The Kier molecular flexibility index (Phi) is 4.95. The van der Waals surface area contributed by atoms with E-state index in [1.165, 1.54) is 31.2 Å². The fourth-order valence-electron chi connectivity index (χ4n) is 3.97. The minimum absolute atomic E-state index is 0. The van der Waals surface area contributed by atoms with Crippen molar-refractivity contribution in [2.45, 2.75) is 38.0 Å². The predicted molar refractivity (Wildman–Crippen MR) is 89.3 cm³/mol. The first-order chi connectivity index (χ1) is 9.68. The van der Waals surface area contributed by atoms with Crippen LogP contribution in [-0.4, -0.2) is 26.0 Å². The number of anilines is 1. The molecule has 1 amide bonds. The fraction of sp³-hybridized carbons (Fsp3) is 0.588. The van der Waals surface area contributed by atoms with Gasteiger partial charge in [-0.15, -0.1) is 12.4 Å². The van der Waals surface area contributed by atoms with Crippen LogP contribution in [0.25, 0.3) is 0 Å². The summed E-state index contributed by atoms with van der Waals surface area (Å²) in [5, 5.41) is 3.11. The molecule has 1 N–H and O–H groups in total. The van der Waals surface area contributed by atoms with Gasteiger partial charge in [0.05, 0.1) is 0 Å². The molecule has 0 radical (unpaired) electrons. The smallest absolute Gasteiger partial charge is 0.231 e. The van der Waals surface area contributed by atoms with Crippen molar-refractivity contribution in [3.8, 4) is 0 Å². The van der Waals surface area contributed by atoms with Crippen LogP contribution >= 0.6 is 12.4 Å². The predicted octanol–water partition coefficient (Wildman–Crippen LogP) is 3.12. The van der Waals surface area contributed by atoms with Gasteiger partial charge in [-0.1, -0.05) is 38.0 Å². The molecule has 1 saturated carbocycles. The lowest BCUT2D eigenvalue weighted by Gasteiger charge is -2.26. The van der Waals surface area contributed by atoms with Crippen LogP contribution in [0.15, 0.2) is 24.3 Å². The number of fused-ring (bicyclic) bond motifs is 2. The van der Waals surface area contributed by atoms with Crippen LogP contribution < -0.4 is 10.2 Å². The summed E-state index contributed by atoms with van der Waals surface area (Å²) in [6.07, 6.45) is 5.05. The maximum atomic E-state index is 12.7. The van der Waals surface area contributed by atoms with Gasteiger partial charge in [-0.3, -0.25) is 4.79 Å². The molecular formula is C17H25ClN2O. The van der Waals surface area contributed by atoms with E-state index in [1.807, 2.05) is 18.9 Å². The lowest BCUT2D eigenvalue weighted by molar-refractivity contribution is -0.121. The van der Waals surface area contributed by atoms with E-state index >= 15 is 0 Å². The maximum absolute atomic E-state index is 12.7. The molecule has 116 valence electrons. The summed E-state index contributed by atoms with van der Waals surface area (Å²) in [5.41, 5.74) is 2.80. The molecule has 1 unspecified atom stereocenters. The van der Waals surface area contributed by atoms with Crippen LogP contribution in [0, 0.1) is 5.92 Å².